The molecule has 33 heavy (non-hydrogen) atoms. The van der Waals surface area contributed by atoms with Crippen LogP contribution in [0.1, 0.15) is 16.1 Å². The van der Waals surface area contributed by atoms with Crippen LogP contribution in [0.15, 0.2) is 84.9 Å². The van der Waals surface area contributed by atoms with Crippen molar-refractivity contribution in [1.82, 2.24) is 14.8 Å². The van der Waals surface area contributed by atoms with E-state index in [2.05, 4.69) is 5.32 Å². The van der Waals surface area contributed by atoms with Crippen molar-refractivity contribution in [3.8, 4) is 16.9 Å². The summed E-state index contributed by atoms with van der Waals surface area (Å²) in [5, 5.41) is 9.11. The Balaban J connectivity index is 1.70. The van der Waals surface area contributed by atoms with Crippen molar-refractivity contribution in [2.45, 2.75) is 6.92 Å². The van der Waals surface area contributed by atoms with Crippen LogP contribution in [0.2, 0.25) is 10.0 Å². The number of fused-ring (bicyclic) bond motifs is 1. The van der Waals surface area contributed by atoms with Crippen LogP contribution in [0.25, 0.3) is 28.0 Å². The van der Waals surface area contributed by atoms with Crippen molar-refractivity contribution < 1.29 is 4.79 Å². The molecule has 0 spiro atoms. The van der Waals surface area contributed by atoms with E-state index in [1.165, 1.54) is 0 Å². The highest BCUT2D eigenvalue weighted by atomic mass is 35.5. The number of aromatic nitrogens is 3. The number of rotatable bonds is 4. The maximum absolute atomic E-state index is 13.5. The van der Waals surface area contributed by atoms with Gasteiger partial charge in [0.2, 0.25) is 0 Å². The van der Waals surface area contributed by atoms with Crippen molar-refractivity contribution in [3.63, 3.8) is 0 Å². The second kappa shape index (κ2) is 8.70. The number of benzene rings is 3. The van der Waals surface area contributed by atoms with Gasteiger partial charge < -0.3 is 5.32 Å². The molecule has 0 bridgehead atoms. The molecular formula is C26H18Cl2N4O. The highest BCUT2D eigenvalue weighted by Gasteiger charge is 2.21. The quantitative estimate of drug-likeness (QED) is 0.307. The van der Waals surface area contributed by atoms with E-state index in [9.17, 15) is 4.79 Å². The zero-order valence-corrected chi connectivity index (χ0v) is 19.1. The Morgan fingerprint density at radius 3 is 2.27 bits per heavy atom. The summed E-state index contributed by atoms with van der Waals surface area (Å²) in [6.07, 6.45) is 0. The predicted octanol–water partition coefficient (Wildman–Crippen LogP) is 6.96. The highest BCUT2D eigenvalue weighted by molar-refractivity contribution is 6.42. The van der Waals surface area contributed by atoms with E-state index in [-0.39, 0.29) is 5.91 Å². The number of halogens is 2. The van der Waals surface area contributed by atoms with Crippen molar-refractivity contribution in [2.24, 2.45) is 0 Å². The largest absolute Gasteiger partial charge is 0.322 e. The van der Waals surface area contributed by atoms with E-state index < -0.39 is 0 Å². The van der Waals surface area contributed by atoms with Gasteiger partial charge in [0.1, 0.15) is 0 Å². The van der Waals surface area contributed by atoms with Crippen LogP contribution < -0.4 is 5.32 Å². The molecule has 0 radical (unpaired) electrons. The zero-order valence-electron chi connectivity index (χ0n) is 17.6. The third-order valence-electron chi connectivity index (χ3n) is 5.31. The fourth-order valence-corrected chi connectivity index (χ4v) is 4.04. The summed E-state index contributed by atoms with van der Waals surface area (Å²) in [7, 11) is 0. The monoisotopic (exact) mass is 472 g/mol. The molecule has 0 saturated carbocycles. The fraction of sp³-hybridized carbons (Fsp3) is 0.0385. The molecule has 2 aromatic heterocycles. The van der Waals surface area contributed by atoms with Gasteiger partial charge in [-0.3, -0.25) is 4.79 Å². The molecule has 0 fully saturated rings. The molecule has 5 nitrogen and oxygen atoms in total. The number of aryl methyl sites for hydroxylation is 1. The molecule has 0 aliphatic rings. The minimum Gasteiger partial charge on any atom is -0.322 e. The summed E-state index contributed by atoms with van der Waals surface area (Å²) in [6.45, 7) is 1.88. The molecule has 1 N–H and O–H groups in total. The second-order valence-electron chi connectivity index (χ2n) is 7.54. The lowest BCUT2D eigenvalue weighted by Gasteiger charge is -2.11. The predicted molar refractivity (Wildman–Crippen MR) is 133 cm³/mol. The molecule has 1 amide bonds. The van der Waals surface area contributed by atoms with Crippen LogP contribution in [0.3, 0.4) is 0 Å². The van der Waals surface area contributed by atoms with Crippen LogP contribution in [0, 0.1) is 6.92 Å². The average molecular weight is 473 g/mol. The van der Waals surface area contributed by atoms with Gasteiger partial charge in [-0.2, -0.15) is 5.10 Å². The van der Waals surface area contributed by atoms with Crippen LogP contribution in [-0.2, 0) is 0 Å². The number of nitrogens with one attached hydrogen (secondary N) is 1. The lowest BCUT2D eigenvalue weighted by Crippen LogP contribution is -2.13. The molecule has 0 saturated heterocycles. The maximum Gasteiger partial charge on any atom is 0.256 e. The lowest BCUT2D eigenvalue weighted by molar-refractivity contribution is 0.102. The topological polar surface area (TPSA) is 59.8 Å². The molecule has 0 aliphatic carbocycles. The van der Waals surface area contributed by atoms with Crippen molar-refractivity contribution in [1.29, 1.82) is 0 Å². The van der Waals surface area contributed by atoms with E-state index in [0.717, 1.165) is 11.3 Å². The molecule has 0 unspecified atom stereocenters. The molecule has 0 aliphatic heterocycles. The Morgan fingerprint density at radius 1 is 0.879 bits per heavy atom. The number of para-hydroxylation sites is 1. The summed E-state index contributed by atoms with van der Waals surface area (Å²) in [5.41, 5.74) is 4.79. The molecule has 7 heteroatoms. The van der Waals surface area contributed by atoms with E-state index >= 15 is 0 Å². The normalized spacial score (nSPS) is 11.0. The number of hydrogen-bond donors (Lipinski definition) is 1. The Kier molecular flexibility index (Phi) is 5.58. The van der Waals surface area contributed by atoms with Gasteiger partial charge >= 0.3 is 0 Å². The number of nitrogens with zero attached hydrogens (tertiary/aromatic N) is 3. The van der Waals surface area contributed by atoms with Gasteiger partial charge in [-0.25, -0.2) is 9.67 Å². The SMILES string of the molecule is Cc1nn(-c2ccccc2)c2nc(-c3ccccc3)cc(C(=O)Nc3ccc(Cl)c(Cl)c3)c12. The Labute approximate surface area is 200 Å². The second-order valence-corrected chi connectivity index (χ2v) is 8.35. The number of carbonyl (C=O) groups is 1. The Bertz CT molecular complexity index is 1480. The maximum atomic E-state index is 13.5. The molecule has 0 atom stereocenters. The van der Waals surface area contributed by atoms with Crippen molar-refractivity contribution >= 4 is 45.8 Å². The summed E-state index contributed by atoms with van der Waals surface area (Å²) in [5.74, 6) is -0.284. The minimum absolute atomic E-state index is 0.284. The molecule has 5 aromatic rings. The first-order chi connectivity index (χ1) is 16.0. The van der Waals surface area contributed by atoms with E-state index in [4.69, 9.17) is 33.3 Å². The summed E-state index contributed by atoms with van der Waals surface area (Å²) in [4.78, 5) is 18.4. The van der Waals surface area contributed by atoms with Crippen molar-refractivity contribution in [3.05, 3.63) is 106 Å². The van der Waals surface area contributed by atoms with Crippen molar-refractivity contribution in [2.75, 3.05) is 5.32 Å². The van der Waals surface area contributed by atoms with Crippen LogP contribution in [-0.4, -0.2) is 20.7 Å². The number of anilines is 1. The summed E-state index contributed by atoms with van der Waals surface area (Å²) in [6, 6.07) is 26.3. The van der Waals surface area contributed by atoms with Gasteiger partial charge in [-0.05, 0) is 43.3 Å². The number of hydrogen-bond acceptors (Lipinski definition) is 3. The molecule has 162 valence electrons. The molecule has 5 rings (SSSR count). The van der Waals surface area contributed by atoms with E-state index in [0.29, 0.717) is 43.7 Å². The molecular weight excluding hydrogens is 455 g/mol. The highest BCUT2D eigenvalue weighted by Crippen LogP contribution is 2.30. The first kappa shape index (κ1) is 21.2. The third-order valence-corrected chi connectivity index (χ3v) is 6.04. The van der Waals surface area contributed by atoms with Crippen LogP contribution >= 0.6 is 23.2 Å². The number of pyridine rings is 1. The van der Waals surface area contributed by atoms with Gasteiger partial charge in [-0.15, -0.1) is 0 Å². The first-order valence-electron chi connectivity index (χ1n) is 10.3. The summed E-state index contributed by atoms with van der Waals surface area (Å²) < 4.78 is 1.77. The van der Waals surface area contributed by atoms with E-state index in [1.807, 2.05) is 67.6 Å². The van der Waals surface area contributed by atoms with Gasteiger partial charge in [0.15, 0.2) is 5.65 Å². The number of amides is 1. The minimum atomic E-state index is -0.284. The van der Waals surface area contributed by atoms with Gasteiger partial charge in [0.25, 0.3) is 5.91 Å². The number of carbonyl (C=O) groups excluding carboxylic acids is 1. The zero-order chi connectivity index (χ0) is 22.9. The van der Waals surface area contributed by atoms with Gasteiger partial charge in [0, 0.05) is 11.3 Å². The third kappa shape index (κ3) is 4.09. The van der Waals surface area contributed by atoms with Crippen LogP contribution in [0.4, 0.5) is 5.69 Å². The van der Waals surface area contributed by atoms with Gasteiger partial charge in [-0.1, -0.05) is 71.7 Å². The van der Waals surface area contributed by atoms with E-state index in [1.54, 1.807) is 28.9 Å². The Hall–Kier alpha value is -3.67. The van der Waals surface area contributed by atoms with Gasteiger partial charge in [0.05, 0.1) is 38.1 Å². The standard InChI is InChI=1S/C26H18Cl2N4O/c1-16-24-20(26(33)29-18-12-13-21(27)22(28)14-18)15-23(17-8-4-2-5-9-17)30-25(24)32(31-16)19-10-6-3-7-11-19/h2-15H,1H3,(H,29,33). The lowest BCUT2D eigenvalue weighted by atomic mass is 10.0. The summed E-state index contributed by atoms with van der Waals surface area (Å²) >= 11 is 12.2. The smallest absolute Gasteiger partial charge is 0.256 e. The van der Waals surface area contributed by atoms with Crippen LogP contribution in [0.5, 0.6) is 0 Å². The molecule has 2 heterocycles. The molecule has 3 aromatic carbocycles. The fourth-order valence-electron chi connectivity index (χ4n) is 3.75. The average Bonchev–Trinajstić information content (AvgIpc) is 3.18. The first-order valence-corrected chi connectivity index (χ1v) is 11.0. The Morgan fingerprint density at radius 2 is 1.58 bits per heavy atom.